The molecule has 2 aliphatic rings. The lowest BCUT2D eigenvalue weighted by molar-refractivity contribution is -0.142. The van der Waals surface area contributed by atoms with Crippen molar-refractivity contribution < 1.29 is 32.6 Å². The second-order valence-electron chi connectivity index (χ2n) is 5.97. The molecule has 0 N–H and O–H groups in total. The minimum absolute atomic E-state index is 0.0442. The molecule has 0 saturated carbocycles. The Labute approximate surface area is 142 Å². The average Bonchev–Trinajstić information content (AvgIpc) is 3.07. The number of hydrogen-bond donors (Lipinski definition) is 0. The van der Waals surface area contributed by atoms with Gasteiger partial charge in [-0.05, 0) is 25.5 Å². The minimum atomic E-state index is -1.74. The molecule has 132 valence electrons. The highest BCUT2D eigenvalue weighted by molar-refractivity contribution is 6.04. The Morgan fingerprint density at radius 1 is 1.28 bits per heavy atom. The Hall–Kier alpha value is -2.77. The molecule has 2 heterocycles. The van der Waals surface area contributed by atoms with E-state index >= 15 is 0 Å². The second kappa shape index (κ2) is 5.94. The fraction of sp³-hybridized carbons (Fsp3) is 0.353. The summed E-state index contributed by atoms with van der Waals surface area (Å²) < 4.78 is 37.4. The number of hydrogen-bond acceptors (Lipinski definition) is 5. The van der Waals surface area contributed by atoms with Gasteiger partial charge in [-0.1, -0.05) is 6.07 Å². The molecular weight excluding hydrogens is 336 g/mol. The molecule has 1 aromatic rings. The summed E-state index contributed by atoms with van der Waals surface area (Å²) in [6.45, 7) is 2.76. The molecule has 1 unspecified atom stereocenters. The first-order chi connectivity index (χ1) is 11.7. The molecule has 0 bridgehead atoms. The summed E-state index contributed by atoms with van der Waals surface area (Å²) in [4.78, 5) is 37.4. The Kier molecular flexibility index (Phi) is 4.06. The van der Waals surface area contributed by atoms with Gasteiger partial charge in [0.1, 0.15) is 0 Å². The van der Waals surface area contributed by atoms with E-state index in [1.165, 1.54) is 17.9 Å². The van der Waals surface area contributed by atoms with E-state index in [9.17, 15) is 23.2 Å². The quantitative estimate of drug-likeness (QED) is 0.780. The topological polar surface area (TPSA) is 72.9 Å². The van der Waals surface area contributed by atoms with Gasteiger partial charge in [-0.15, -0.1) is 0 Å². The monoisotopic (exact) mass is 351 g/mol. The van der Waals surface area contributed by atoms with Crippen molar-refractivity contribution >= 4 is 17.7 Å². The van der Waals surface area contributed by atoms with Crippen LogP contribution in [0.25, 0.3) is 0 Å². The SMILES string of the molecule is CC(=O)OC1=C(N2CCCC2=O)OC(C)(c2ccc(F)c(F)c2)C1=O. The van der Waals surface area contributed by atoms with Crippen LogP contribution in [-0.4, -0.2) is 29.1 Å². The van der Waals surface area contributed by atoms with Crippen molar-refractivity contribution in [1.29, 1.82) is 0 Å². The first-order valence-corrected chi connectivity index (χ1v) is 7.66. The molecule has 2 aliphatic heterocycles. The molecule has 8 heteroatoms. The number of benzene rings is 1. The molecule has 25 heavy (non-hydrogen) atoms. The van der Waals surface area contributed by atoms with Crippen LogP contribution in [0, 0.1) is 11.6 Å². The van der Waals surface area contributed by atoms with Gasteiger partial charge in [-0.25, -0.2) is 8.78 Å². The summed E-state index contributed by atoms with van der Waals surface area (Å²) in [5.41, 5.74) is -1.69. The van der Waals surface area contributed by atoms with Crippen LogP contribution in [0.5, 0.6) is 0 Å². The highest BCUT2D eigenvalue weighted by atomic mass is 19.2. The standard InChI is InChI=1S/C17H15F2NO5/c1-9(21)24-14-15(23)17(2,10-5-6-11(18)12(19)8-10)25-16(14)20-7-3-4-13(20)22/h5-6,8H,3-4,7H2,1-2H3. The first-order valence-electron chi connectivity index (χ1n) is 7.66. The van der Waals surface area contributed by atoms with Crippen LogP contribution in [0.1, 0.15) is 32.3 Å². The number of halogens is 2. The maximum absolute atomic E-state index is 13.6. The number of ketones is 1. The van der Waals surface area contributed by atoms with Gasteiger partial charge in [0.15, 0.2) is 17.2 Å². The molecule has 0 aliphatic carbocycles. The largest absolute Gasteiger partial charge is 0.456 e. The van der Waals surface area contributed by atoms with E-state index < -0.39 is 34.7 Å². The van der Waals surface area contributed by atoms with Gasteiger partial charge in [0.25, 0.3) is 5.78 Å². The third kappa shape index (κ3) is 2.77. The van der Waals surface area contributed by atoms with E-state index in [-0.39, 0.29) is 23.8 Å². The van der Waals surface area contributed by atoms with Crippen LogP contribution in [0.15, 0.2) is 29.8 Å². The predicted octanol–water partition coefficient (Wildman–Crippen LogP) is 2.13. The zero-order valence-electron chi connectivity index (χ0n) is 13.6. The summed E-state index contributed by atoms with van der Waals surface area (Å²) in [7, 11) is 0. The summed E-state index contributed by atoms with van der Waals surface area (Å²) in [5, 5.41) is 0. The van der Waals surface area contributed by atoms with Gasteiger partial charge in [-0.2, -0.15) is 0 Å². The van der Waals surface area contributed by atoms with E-state index in [4.69, 9.17) is 9.47 Å². The van der Waals surface area contributed by atoms with Crippen molar-refractivity contribution in [3.63, 3.8) is 0 Å². The van der Waals surface area contributed by atoms with Crippen molar-refractivity contribution in [2.24, 2.45) is 0 Å². The Bertz CT molecular complexity index is 819. The molecule has 3 rings (SSSR count). The minimum Gasteiger partial charge on any atom is -0.456 e. The summed E-state index contributed by atoms with van der Waals surface area (Å²) in [6.07, 6.45) is 0.839. The summed E-state index contributed by atoms with van der Waals surface area (Å²) in [5.74, 6) is -4.57. The fourth-order valence-corrected chi connectivity index (χ4v) is 2.86. The van der Waals surface area contributed by atoms with Crippen molar-refractivity contribution in [2.45, 2.75) is 32.3 Å². The Balaban J connectivity index is 2.05. The Morgan fingerprint density at radius 3 is 2.56 bits per heavy atom. The normalized spacial score (nSPS) is 23.3. The molecule has 0 aromatic heterocycles. The number of Topliss-reactive ketones (excluding diaryl/α,β-unsaturated/α-hetero) is 1. The molecule has 1 fully saturated rings. The van der Waals surface area contributed by atoms with Crippen molar-refractivity contribution in [2.75, 3.05) is 6.54 Å². The summed E-state index contributed by atoms with van der Waals surface area (Å²) in [6, 6.07) is 2.92. The molecule has 6 nitrogen and oxygen atoms in total. The molecule has 1 saturated heterocycles. The first kappa shape index (κ1) is 17.1. The van der Waals surface area contributed by atoms with Crippen LogP contribution in [0.3, 0.4) is 0 Å². The summed E-state index contributed by atoms with van der Waals surface area (Å²) >= 11 is 0. The van der Waals surface area contributed by atoms with E-state index in [1.54, 1.807) is 0 Å². The fourth-order valence-electron chi connectivity index (χ4n) is 2.86. The number of ether oxygens (including phenoxy) is 2. The number of esters is 1. The number of nitrogens with zero attached hydrogens (tertiary/aromatic N) is 1. The van der Waals surface area contributed by atoms with Gasteiger partial charge < -0.3 is 9.47 Å². The number of carbonyl (C=O) groups is 3. The molecule has 0 radical (unpaired) electrons. The lowest BCUT2D eigenvalue weighted by Crippen LogP contribution is -2.33. The van der Waals surface area contributed by atoms with Crippen molar-refractivity contribution in [3.8, 4) is 0 Å². The Morgan fingerprint density at radius 2 is 2.00 bits per heavy atom. The van der Waals surface area contributed by atoms with Gasteiger partial charge in [-0.3, -0.25) is 19.3 Å². The number of amides is 1. The van der Waals surface area contributed by atoms with Crippen molar-refractivity contribution in [1.82, 2.24) is 4.90 Å². The maximum Gasteiger partial charge on any atom is 0.308 e. The molecular formula is C17H15F2NO5. The number of likely N-dealkylation sites (tertiary alicyclic amines) is 1. The molecule has 0 spiro atoms. The highest BCUT2D eigenvalue weighted by Crippen LogP contribution is 2.41. The zero-order valence-corrected chi connectivity index (χ0v) is 13.6. The van der Waals surface area contributed by atoms with Gasteiger partial charge in [0.05, 0.1) is 0 Å². The van der Waals surface area contributed by atoms with Gasteiger partial charge >= 0.3 is 5.97 Å². The molecule has 1 atom stereocenters. The molecule has 1 amide bonds. The van der Waals surface area contributed by atoms with Crippen molar-refractivity contribution in [3.05, 3.63) is 47.0 Å². The van der Waals surface area contributed by atoms with Gasteiger partial charge in [0, 0.05) is 25.5 Å². The van der Waals surface area contributed by atoms with Crippen LogP contribution >= 0.6 is 0 Å². The van der Waals surface area contributed by atoms with E-state index in [1.807, 2.05) is 0 Å². The van der Waals surface area contributed by atoms with Gasteiger partial charge in [0.2, 0.25) is 17.5 Å². The third-order valence-electron chi connectivity index (χ3n) is 4.17. The molecule has 1 aromatic carbocycles. The second-order valence-corrected chi connectivity index (χ2v) is 5.97. The zero-order chi connectivity index (χ0) is 18.4. The third-order valence-corrected chi connectivity index (χ3v) is 4.17. The lowest BCUT2D eigenvalue weighted by Gasteiger charge is -2.26. The van der Waals surface area contributed by atoms with E-state index in [0.717, 1.165) is 19.1 Å². The average molecular weight is 351 g/mol. The van der Waals surface area contributed by atoms with Crippen LogP contribution in [0.4, 0.5) is 8.78 Å². The van der Waals surface area contributed by atoms with Crippen LogP contribution in [-0.2, 0) is 29.5 Å². The van der Waals surface area contributed by atoms with Crippen LogP contribution in [0.2, 0.25) is 0 Å². The highest BCUT2D eigenvalue weighted by Gasteiger charge is 2.52. The van der Waals surface area contributed by atoms with E-state index in [0.29, 0.717) is 13.0 Å². The number of rotatable bonds is 3. The smallest absolute Gasteiger partial charge is 0.308 e. The van der Waals surface area contributed by atoms with Crippen LogP contribution < -0.4 is 0 Å². The van der Waals surface area contributed by atoms with E-state index in [2.05, 4.69) is 0 Å². The maximum atomic E-state index is 13.6. The lowest BCUT2D eigenvalue weighted by atomic mass is 9.91. The number of carbonyl (C=O) groups excluding carboxylic acids is 3. The predicted molar refractivity (Wildman–Crippen MR) is 79.5 cm³/mol.